The molecular formula is C15H24. The molecule has 84 valence electrons. The van der Waals surface area contributed by atoms with Gasteiger partial charge < -0.3 is 0 Å². The van der Waals surface area contributed by atoms with Crippen LogP contribution in [0.1, 0.15) is 59.8 Å². The Labute approximate surface area is 94.5 Å². The zero-order valence-electron chi connectivity index (χ0n) is 10.7. The van der Waals surface area contributed by atoms with Crippen molar-refractivity contribution in [3.8, 4) is 0 Å². The third-order valence-corrected chi connectivity index (χ3v) is 4.50. The molecule has 0 radical (unpaired) electrons. The first-order valence-corrected chi connectivity index (χ1v) is 6.71. The number of rotatable bonds is 4. The van der Waals surface area contributed by atoms with Gasteiger partial charge in [-0.3, -0.25) is 0 Å². The van der Waals surface area contributed by atoms with E-state index in [4.69, 9.17) is 0 Å². The second-order valence-electron chi connectivity index (χ2n) is 4.86. The molecule has 0 aromatic heterocycles. The fourth-order valence-corrected chi connectivity index (χ4v) is 4.01. The van der Waals surface area contributed by atoms with E-state index < -0.39 is 0 Å². The fraction of sp³-hybridized carbons (Fsp3) is 0.733. The summed E-state index contributed by atoms with van der Waals surface area (Å²) in [6, 6.07) is 0. The minimum Gasteiger partial charge on any atom is -0.0635 e. The van der Waals surface area contributed by atoms with Crippen molar-refractivity contribution in [3.63, 3.8) is 0 Å². The summed E-state index contributed by atoms with van der Waals surface area (Å²) < 4.78 is 0. The molecule has 2 rings (SSSR count). The van der Waals surface area contributed by atoms with Crippen LogP contribution in [0.5, 0.6) is 0 Å². The first-order valence-electron chi connectivity index (χ1n) is 6.71. The predicted octanol–water partition coefficient (Wildman–Crippen LogP) is 4.87. The van der Waals surface area contributed by atoms with Gasteiger partial charge in [-0.15, -0.1) is 0 Å². The van der Waals surface area contributed by atoms with Gasteiger partial charge in [-0.2, -0.15) is 0 Å². The molecule has 0 heteroatoms. The van der Waals surface area contributed by atoms with Crippen molar-refractivity contribution in [1.82, 2.24) is 0 Å². The summed E-state index contributed by atoms with van der Waals surface area (Å²) in [5.41, 5.74) is 7.21. The molecule has 0 aliphatic heterocycles. The molecule has 0 nitrogen and oxygen atoms in total. The lowest BCUT2D eigenvalue weighted by atomic mass is 9.82. The van der Waals surface area contributed by atoms with E-state index in [-0.39, 0.29) is 0 Å². The van der Waals surface area contributed by atoms with Crippen molar-refractivity contribution in [2.45, 2.75) is 59.8 Å². The van der Waals surface area contributed by atoms with E-state index in [2.05, 4.69) is 27.7 Å². The van der Waals surface area contributed by atoms with E-state index in [0.29, 0.717) is 0 Å². The molecule has 0 amide bonds. The van der Waals surface area contributed by atoms with Gasteiger partial charge in [0.1, 0.15) is 0 Å². The van der Waals surface area contributed by atoms with Crippen LogP contribution >= 0.6 is 0 Å². The van der Waals surface area contributed by atoms with E-state index in [1.54, 1.807) is 22.3 Å². The van der Waals surface area contributed by atoms with Crippen LogP contribution in [0, 0.1) is 11.8 Å². The molecule has 0 fully saturated rings. The Hall–Kier alpha value is -0.520. The summed E-state index contributed by atoms with van der Waals surface area (Å²) in [4.78, 5) is 0. The van der Waals surface area contributed by atoms with Crippen LogP contribution in [0.4, 0.5) is 0 Å². The van der Waals surface area contributed by atoms with Crippen LogP contribution in [0.2, 0.25) is 0 Å². The van der Waals surface area contributed by atoms with E-state index in [1.807, 2.05) is 0 Å². The van der Waals surface area contributed by atoms with Crippen molar-refractivity contribution in [2.75, 3.05) is 0 Å². The van der Waals surface area contributed by atoms with Crippen molar-refractivity contribution in [2.24, 2.45) is 11.8 Å². The number of hydrogen-bond acceptors (Lipinski definition) is 0. The molecule has 0 aromatic carbocycles. The highest BCUT2D eigenvalue weighted by Crippen LogP contribution is 2.55. The van der Waals surface area contributed by atoms with Gasteiger partial charge in [-0.25, -0.2) is 0 Å². The van der Waals surface area contributed by atoms with E-state index in [9.17, 15) is 0 Å². The molecule has 0 aromatic rings. The summed E-state index contributed by atoms with van der Waals surface area (Å²) in [7, 11) is 0. The van der Waals surface area contributed by atoms with Gasteiger partial charge in [-0.1, -0.05) is 50.0 Å². The summed E-state index contributed by atoms with van der Waals surface area (Å²) in [5.74, 6) is 1.71. The Morgan fingerprint density at radius 1 is 0.667 bits per heavy atom. The van der Waals surface area contributed by atoms with Gasteiger partial charge >= 0.3 is 0 Å². The van der Waals surface area contributed by atoms with E-state index >= 15 is 0 Å². The smallest absolute Gasteiger partial charge is 0.00213 e. The van der Waals surface area contributed by atoms with Crippen molar-refractivity contribution >= 4 is 0 Å². The zero-order chi connectivity index (χ0) is 11.0. The summed E-state index contributed by atoms with van der Waals surface area (Å²) in [6.45, 7) is 9.35. The molecule has 2 aliphatic rings. The molecule has 0 spiro atoms. The van der Waals surface area contributed by atoms with Gasteiger partial charge in [0, 0.05) is 11.8 Å². The molecule has 2 bridgehead atoms. The minimum absolute atomic E-state index is 0.856. The molecule has 2 aliphatic carbocycles. The van der Waals surface area contributed by atoms with Crippen LogP contribution in [-0.2, 0) is 0 Å². The normalized spacial score (nSPS) is 29.6. The zero-order valence-corrected chi connectivity index (χ0v) is 10.7. The monoisotopic (exact) mass is 204 g/mol. The van der Waals surface area contributed by atoms with Crippen LogP contribution in [0.25, 0.3) is 0 Å². The molecule has 15 heavy (non-hydrogen) atoms. The molecular weight excluding hydrogens is 180 g/mol. The fourth-order valence-electron chi connectivity index (χ4n) is 4.01. The van der Waals surface area contributed by atoms with Crippen molar-refractivity contribution < 1.29 is 0 Å². The summed E-state index contributed by atoms with van der Waals surface area (Å²) in [5, 5.41) is 0. The molecule has 0 atom stereocenters. The maximum atomic E-state index is 2.34. The molecule has 0 heterocycles. The highest BCUT2D eigenvalue weighted by Gasteiger charge is 2.41. The third kappa shape index (κ3) is 1.41. The number of fused-ring (bicyclic) bond motifs is 2. The average molecular weight is 204 g/mol. The summed E-state index contributed by atoms with van der Waals surface area (Å²) in [6.07, 6.45) is 6.56. The Morgan fingerprint density at radius 2 is 0.933 bits per heavy atom. The molecule has 0 saturated carbocycles. The van der Waals surface area contributed by atoms with Gasteiger partial charge in [0.2, 0.25) is 0 Å². The van der Waals surface area contributed by atoms with Gasteiger partial charge in [0.15, 0.2) is 0 Å². The molecule has 0 N–H and O–H groups in total. The van der Waals surface area contributed by atoms with Crippen molar-refractivity contribution in [1.29, 1.82) is 0 Å². The highest BCUT2D eigenvalue weighted by atomic mass is 14.5. The maximum Gasteiger partial charge on any atom is 0.00213 e. The van der Waals surface area contributed by atoms with Crippen molar-refractivity contribution in [3.05, 3.63) is 22.3 Å². The Morgan fingerprint density at radius 3 is 1.13 bits per heavy atom. The minimum atomic E-state index is 0.856. The molecule has 0 saturated heterocycles. The van der Waals surface area contributed by atoms with Crippen LogP contribution in [0.15, 0.2) is 22.3 Å². The van der Waals surface area contributed by atoms with Gasteiger partial charge in [-0.05, 0) is 32.1 Å². The number of hydrogen-bond donors (Lipinski definition) is 0. The second kappa shape index (κ2) is 4.15. The molecule has 0 unspecified atom stereocenters. The Kier molecular flexibility index (Phi) is 3.04. The second-order valence-corrected chi connectivity index (χ2v) is 4.86. The highest BCUT2D eigenvalue weighted by molar-refractivity contribution is 5.46. The quantitative estimate of drug-likeness (QED) is 0.573. The SMILES string of the molecule is CCC1=C(CC)C2CC1C(CC)=C2CC. The largest absolute Gasteiger partial charge is 0.0635 e. The standard InChI is InChI=1S/C15H24/c1-5-10-11(6-2)15-9-14(10)12(7-3)13(15)8-4/h14-15H,5-9H2,1-4H3. The predicted molar refractivity (Wildman–Crippen MR) is 66.8 cm³/mol. The van der Waals surface area contributed by atoms with E-state index in [1.165, 1.54) is 32.1 Å². The lowest BCUT2D eigenvalue weighted by molar-refractivity contribution is 0.647. The van der Waals surface area contributed by atoms with Crippen LogP contribution in [0.3, 0.4) is 0 Å². The topological polar surface area (TPSA) is 0 Å². The van der Waals surface area contributed by atoms with Gasteiger partial charge in [0.25, 0.3) is 0 Å². The third-order valence-electron chi connectivity index (χ3n) is 4.50. The maximum absolute atomic E-state index is 2.34. The Bertz CT molecular complexity index is 257. The first-order chi connectivity index (χ1) is 7.28. The van der Waals surface area contributed by atoms with E-state index in [0.717, 1.165) is 11.8 Å². The van der Waals surface area contributed by atoms with Crippen LogP contribution < -0.4 is 0 Å². The summed E-state index contributed by atoms with van der Waals surface area (Å²) >= 11 is 0. The lowest BCUT2D eigenvalue weighted by Crippen LogP contribution is -2.08. The van der Waals surface area contributed by atoms with Gasteiger partial charge in [0.05, 0.1) is 0 Å². The van der Waals surface area contributed by atoms with Crippen LogP contribution in [-0.4, -0.2) is 0 Å². The number of allylic oxidation sites excluding steroid dienone is 4. The average Bonchev–Trinajstić information content (AvgIpc) is 2.80. The first kappa shape index (κ1) is 11.0. The Balaban J connectivity index is 2.37. The lowest BCUT2D eigenvalue weighted by Gasteiger charge is -2.24.